The summed E-state index contributed by atoms with van der Waals surface area (Å²) in [6.07, 6.45) is 2.90. The van der Waals surface area contributed by atoms with Crippen molar-refractivity contribution in [3.63, 3.8) is 0 Å². The van der Waals surface area contributed by atoms with Crippen LogP contribution in [0.25, 0.3) is 0 Å². The Labute approximate surface area is 114 Å². The predicted octanol–water partition coefficient (Wildman–Crippen LogP) is 1.67. The molecule has 2 unspecified atom stereocenters. The lowest BCUT2D eigenvalue weighted by atomic mass is 9.97. The average Bonchev–Trinajstić information content (AvgIpc) is 2.84. The minimum atomic E-state index is -0.835. The number of amides is 1. The van der Waals surface area contributed by atoms with E-state index in [2.05, 4.69) is 5.32 Å². The summed E-state index contributed by atoms with van der Waals surface area (Å²) in [4.78, 5) is 22.7. The van der Waals surface area contributed by atoms with E-state index >= 15 is 0 Å². The molecule has 1 rings (SSSR count). The molecule has 1 fully saturated rings. The third-order valence-electron chi connectivity index (χ3n) is 3.45. The van der Waals surface area contributed by atoms with E-state index in [1.54, 1.807) is 0 Å². The fourth-order valence-electron chi connectivity index (χ4n) is 2.31. The normalized spacial score (nSPS) is 20.5. The van der Waals surface area contributed by atoms with Gasteiger partial charge >= 0.3 is 5.97 Å². The van der Waals surface area contributed by atoms with Crippen LogP contribution in [-0.2, 0) is 14.3 Å². The molecule has 0 aromatic heterocycles. The second-order valence-corrected chi connectivity index (χ2v) is 5.74. The van der Waals surface area contributed by atoms with Gasteiger partial charge in [0.1, 0.15) is 0 Å². The highest BCUT2D eigenvalue weighted by Gasteiger charge is 2.20. The Morgan fingerprint density at radius 1 is 1.42 bits per heavy atom. The first-order valence-corrected chi connectivity index (χ1v) is 7.06. The van der Waals surface area contributed by atoms with Gasteiger partial charge in [0, 0.05) is 26.2 Å². The Morgan fingerprint density at radius 3 is 2.68 bits per heavy atom. The number of hydrogen-bond acceptors (Lipinski definition) is 3. The Balaban J connectivity index is 2.21. The van der Waals surface area contributed by atoms with Gasteiger partial charge in [0.25, 0.3) is 0 Å². The molecule has 0 aromatic carbocycles. The first-order valence-electron chi connectivity index (χ1n) is 7.06. The topological polar surface area (TPSA) is 75.6 Å². The van der Waals surface area contributed by atoms with Gasteiger partial charge in [0.2, 0.25) is 5.91 Å². The summed E-state index contributed by atoms with van der Waals surface area (Å²) < 4.78 is 5.25. The molecule has 1 aliphatic rings. The van der Waals surface area contributed by atoms with E-state index in [0.29, 0.717) is 24.7 Å². The van der Waals surface area contributed by atoms with Gasteiger partial charge in [-0.3, -0.25) is 9.59 Å². The van der Waals surface area contributed by atoms with Crippen molar-refractivity contribution in [1.29, 1.82) is 0 Å². The van der Waals surface area contributed by atoms with Crippen molar-refractivity contribution in [2.75, 3.05) is 19.8 Å². The molecule has 2 N–H and O–H groups in total. The summed E-state index contributed by atoms with van der Waals surface area (Å²) in [6.45, 7) is 5.74. The second-order valence-electron chi connectivity index (χ2n) is 5.74. The maximum Gasteiger partial charge on any atom is 0.308 e. The van der Waals surface area contributed by atoms with E-state index in [1.165, 1.54) is 0 Å². The lowest BCUT2D eigenvalue weighted by Gasteiger charge is -2.15. The van der Waals surface area contributed by atoms with E-state index in [9.17, 15) is 9.59 Å². The minimum Gasteiger partial charge on any atom is -0.481 e. The lowest BCUT2D eigenvalue weighted by Crippen LogP contribution is -2.33. The van der Waals surface area contributed by atoms with Crippen molar-refractivity contribution < 1.29 is 19.4 Å². The molecule has 0 radical (unpaired) electrons. The van der Waals surface area contributed by atoms with Crippen molar-refractivity contribution in [2.24, 2.45) is 17.8 Å². The van der Waals surface area contributed by atoms with Crippen molar-refractivity contribution >= 4 is 11.9 Å². The molecule has 19 heavy (non-hydrogen) atoms. The summed E-state index contributed by atoms with van der Waals surface area (Å²) in [5.41, 5.74) is 0. The van der Waals surface area contributed by atoms with Crippen LogP contribution in [0.3, 0.4) is 0 Å². The molecule has 1 amide bonds. The maximum absolute atomic E-state index is 11.7. The predicted molar refractivity (Wildman–Crippen MR) is 71.8 cm³/mol. The largest absolute Gasteiger partial charge is 0.481 e. The third-order valence-corrected chi connectivity index (χ3v) is 3.45. The van der Waals surface area contributed by atoms with Crippen molar-refractivity contribution in [3.8, 4) is 0 Å². The van der Waals surface area contributed by atoms with Crippen LogP contribution in [0.4, 0.5) is 0 Å². The maximum atomic E-state index is 11.7. The molecule has 0 spiro atoms. The van der Waals surface area contributed by atoms with E-state index in [-0.39, 0.29) is 12.5 Å². The highest BCUT2D eigenvalue weighted by Crippen LogP contribution is 2.18. The van der Waals surface area contributed by atoms with Crippen LogP contribution in [0.2, 0.25) is 0 Å². The zero-order valence-corrected chi connectivity index (χ0v) is 11.9. The SMILES string of the molecule is CC(C)CC(CNC(=O)CCC1CCOC1)C(=O)O. The second kappa shape index (κ2) is 8.15. The van der Waals surface area contributed by atoms with Crippen LogP contribution >= 0.6 is 0 Å². The van der Waals surface area contributed by atoms with E-state index in [4.69, 9.17) is 9.84 Å². The summed E-state index contributed by atoms with van der Waals surface area (Å²) in [6, 6.07) is 0. The number of hydrogen-bond donors (Lipinski definition) is 2. The molecule has 1 heterocycles. The van der Waals surface area contributed by atoms with Gasteiger partial charge in [-0.15, -0.1) is 0 Å². The summed E-state index contributed by atoms with van der Waals surface area (Å²) in [7, 11) is 0. The van der Waals surface area contributed by atoms with Crippen LogP contribution in [0.5, 0.6) is 0 Å². The number of carbonyl (C=O) groups is 2. The first-order chi connectivity index (χ1) is 8.99. The van der Waals surface area contributed by atoms with Crippen molar-refractivity contribution in [1.82, 2.24) is 5.32 Å². The molecule has 1 saturated heterocycles. The van der Waals surface area contributed by atoms with Crippen LogP contribution in [0, 0.1) is 17.8 Å². The quantitative estimate of drug-likeness (QED) is 0.704. The number of aliphatic carboxylic acids is 1. The number of rotatable bonds is 8. The van der Waals surface area contributed by atoms with Crippen LogP contribution in [-0.4, -0.2) is 36.7 Å². The van der Waals surface area contributed by atoms with Crippen molar-refractivity contribution in [3.05, 3.63) is 0 Å². The van der Waals surface area contributed by atoms with Gasteiger partial charge in [0.15, 0.2) is 0 Å². The van der Waals surface area contributed by atoms with E-state index in [0.717, 1.165) is 26.1 Å². The molecule has 110 valence electrons. The molecule has 0 aliphatic carbocycles. The third kappa shape index (κ3) is 6.57. The molecule has 0 saturated carbocycles. The van der Waals surface area contributed by atoms with E-state index < -0.39 is 11.9 Å². The molecule has 2 atom stereocenters. The molecule has 1 aliphatic heterocycles. The number of carbonyl (C=O) groups excluding carboxylic acids is 1. The van der Waals surface area contributed by atoms with Gasteiger partial charge in [-0.2, -0.15) is 0 Å². The Morgan fingerprint density at radius 2 is 2.16 bits per heavy atom. The van der Waals surface area contributed by atoms with Gasteiger partial charge in [-0.25, -0.2) is 0 Å². The number of carboxylic acids is 1. The summed E-state index contributed by atoms with van der Waals surface area (Å²) in [5, 5.41) is 11.8. The zero-order chi connectivity index (χ0) is 14.3. The highest BCUT2D eigenvalue weighted by molar-refractivity contribution is 5.77. The average molecular weight is 271 g/mol. The Hall–Kier alpha value is -1.10. The van der Waals surface area contributed by atoms with Gasteiger partial charge < -0.3 is 15.2 Å². The van der Waals surface area contributed by atoms with Gasteiger partial charge in [-0.05, 0) is 31.1 Å². The Kier molecular flexibility index (Phi) is 6.84. The lowest BCUT2D eigenvalue weighted by molar-refractivity contribution is -0.142. The molecule has 5 heteroatoms. The molecular weight excluding hydrogens is 246 g/mol. The molecule has 0 bridgehead atoms. The standard InChI is InChI=1S/C14H25NO4/c1-10(2)7-12(14(17)18)8-15-13(16)4-3-11-5-6-19-9-11/h10-12H,3-9H2,1-2H3,(H,15,16)(H,17,18). The molecule has 5 nitrogen and oxygen atoms in total. The first kappa shape index (κ1) is 16.0. The number of carboxylic acid groups (broad SMARTS) is 1. The van der Waals surface area contributed by atoms with Gasteiger partial charge in [0.05, 0.1) is 5.92 Å². The minimum absolute atomic E-state index is 0.0538. The summed E-state index contributed by atoms with van der Waals surface area (Å²) in [5.74, 6) is -0.579. The highest BCUT2D eigenvalue weighted by atomic mass is 16.5. The van der Waals surface area contributed by atoms with Crippen LogP contribution in [0.1, 0.15) is 39.5 Å². The fourth-order valence-corrected chi connectivity index (χ4v) is 2.31. The monoisotopic (exact) mass is 271 g/mol. The Bertz CT molecular complexity index is 298. The van der Waals surface area contributed by atoms with Gasteiger partial charge in [-0.1, -0.05) is 13.8 Å². The van der Waals surface area contributed by atoms with E-state index in [1.807, 2.05) is 13.8 Å². The number of ether oxygens (including phenoxy) is 1. The summed E-state index contributed by atoms with van der Waals surface area (Å²) >= 11 is 0. The van der Waals surface area contributed by atoms with Crippen LogP contribution in [0.15, 0.2) is 0 Å². The zero-order valence-electron chi connectivity index (χ0n) is 11.9. The smallest absolute Gasteiger partial charge is 0.308 e. The number of nitrogens with one attached hydrogen (secondary N) is 1. The fraction of sp³-hybridized carbons (Fsp3) is 0.857. The van der Waals surface area contributed by atoms with Crippen molar-refractivity contribution in [2.45, 2.75) is 39.5 Å². The van der Waals surface area contributed by atoms with Crippen LogP contribution < -0.4 is 5.32 Å². The molecular formula is C14H25NO4. The molecule has 0 aromatic rings.